The Balaban J connectivity index is 2.29. The molecule has 90 valence electrons. The van der Waals surface area contributed by atoms with Crippen LogP contribution in [0.4, 0.5) is 0 Å². The lowest BCUT2D eigenvalue weighted by Gasteiger charge is -2.09. The molecule has 0 amide bonds. The highest BCUT2D eigenvalue weighted by Gasteiger charge is 2.04. The van der Waals surface area contributed by atoms with Crippen LogP contribution >= 0.6 is 23.2 Å². The van der Waals surface area contributed by atoms with Crippen LogP contribution in [0.1, 0.15) is 20.3 Å². The molecule has 0 saturated heterocycles. The third-order valence-electron chi connectivity index (χ3n) is 1.82. The zero-order valence-corrected chi connectivity index (χ0v) is 10.8. The molecule has 1 heterocycles. The van der Waals surface area contributed by atoms with Crippen LogP contribution in [-0.2, 0) is 0 Å². The van der Waals surface area contributed by atoms with E-state index in [0.717, 1.165) is 13.0 Å². The summed E-state index contributed by atoms with van der Waals surface area (Å²) >= 11 is 11.5. The third-order valence-corrected chi connectivity index (χ3v) is 2.26. The number of nitrogens with one attached hydrogen (secondary N) is 1. The van der Waals surface area contributed by atoms with Gasteiger partial charge >= 0.3 is 0 Å². The molecule has 1 aromatic heterocycles. The lowest BCUT2D eigenvalue weighted by Crippen LogP contribution is -2.24. The number of ether oxygens (including phenoxy) is 1. The van der Waals surface area contributed by atoms with Gasteiger partial charge in [0.2, 0.25) is 0 Å². The third kappa shape index (κ3) is 4.96. The van der Waals surface area contributed by atoms with Crippen LogP contribution in [0.25, 0.3) is 0 Å². The lowest BCUT2D eigenvalue weighted by molar-refractivity contribution is 0.304. The van der Waals surface area contributed by atoms with E-state index in [9.17, 15) is 0 Å². The predicted octanol–water partition coefficient (Wildman–Crippen LogP) is 2.55. The summed E-state index contributed by atoms with van der Waals surface area (Å²) in [5.74, 6) is 0.478. The molecular formula is C10H15Cl2N3O. The molecule has 1 N–H and O–H groups in total. The van der Waals surface area contributed by atoms with Gasteiger partial charge in [-0.3, -0.25) is 0 Å². The summed E-state index contributed by atoms with van der Waals surface area (Å²) in [6.45, 7) is 5.68. The largest absolute Gasteiger partial charge is 0.490 e. The maximum absolute atomic E-state index is 5.79. The van der Waals surface area contributed by atoms with E-state index in [2.05, 4.69) is 29.4 Å². The van der Waals surface area contributed by atoms with Crippen LogP contribution in [0.2, 0.25) is 10.3 Å². The number of hydrogen-bond acceptors (Lipinski definition) is 4. The van der Waals surface area contributed by atoms with E-state index in [1.165, 1.54) is 0 Å². The van der Waals surface area contributed by atoms with Crippen LogP contribution in [-0.4, -0.2) is 29.4 Å². The minimum absolute atomic E-state index is 0.237. The smallest absolute Gasteiger partial charge is 0.193 e. The standard InChI is InChI=1S/C10H15Cl2N3O/c1-7(2)13-4-3-5-16-8-6-9(11)14-15-10(8)12/h6-7,13H,3-5H2,1-2H3. The van der Waals surface area contributed by atoms with E-state index in [4.69, 9.17) is 27.9 Å². The Morgan fingerprint density at radius 3 is 2.81 bits per heavy atom. The van der Waals surface area contributed by atoms with Crippen molar-refractivity contribution >= 4 is 23.2 Å². The lowest BCUT2D eigenvalue weighted by atomic mass is 10.3. The van der Waals surface area contributed by atoms with Gasteiger partial charge in [-0.15, -0.1) is 10.2 Å². The highest BCUT2D eigenvalue weighted by molar-refractivity contribution is 6.32. The van der Waals surface area contributed by atoms with E-state index in [0.29, 0.717) is 18.4 Å². The van der Waals surface area contributed by atoms with E-state index in [1.807, 2.05) is 0 Å². The summed E-state index contributed by atoms with van der Waals surface area (Å²) in [7, 11) is 0. The van der Waals surface area contributed by atoms with Gasteiger partial charge in [0.1, 0.15) is 0 Å². The Labute approximate surface area is 105 Å². The SMILES string of the molecule is CC(C)NCCCOc1cc(Cl)nnc1Cl. The van der Waals surface area contributed by atoms with Gasteiger partial charge in [0.05, 0.1) is 6.61 Å². The molecule has 1 rings (SSSR count). The average molecular weight is 264 g/mol. The number of nitrogens with zero attached hydrogens (tertiary/aromatic N) is 2. The van der Waals surface area contributed by atoms with Crippen molar-refractivity contribution in [1.29, 1.82) is 0 Å². The number of rotatable bonds is 6. The zero-order valence-electron chi connectivity index (χ0n) is 9.33. The highest BCUT2D eigenvalue weighted by Crippen LogP contribution is 2.23. The first kappa shape index (κ1) is 13.5. The molecule has 0 radical (unpaired) electrons. The highest BCUT2D eigenvalue weighted by atomic mass is 35.5. The summed E-state index contributed by atoms with van der Waals surface area (Å²) in [4.78, 5) is 0. The molecule has 0 aliphatic rings. The van der Waals surface area contributed by atoms with Crippen molar-refractivity contribution in [3.8, 4) is 5.75 Å². The molecule has 6 heteroatoms. The summed E-state index contributed by atoms with van der Waals surface area (Å²) < 4.78 is 5.44. The fourth-order valence-electron chi connectivity index (χ4n) is 1.08. The van der Waals surface area contributed by atoms with Crippen molar-refractivity contribution in [2.45, 2.75) is 26.3 Å². The molecule has 16 heavy (non-hydrogen) atoms. The molecule has 1 aromatic rings. The minimum Gasteiger partial charge on any atom is -0.490 e. The van der Waals surface area contributed by atoms with Crippen molar-refractivity contribution in [1.82, 2.24) is 15.5 Å². The molecule has 0 atom stereocenters. The molecule has 0 spiro atoms. The molecular weight excluding hydrogens is 249 g/mol. The molecule has 0 aliphatic carbocycles. The van der Waals surface area contributed by atoms with Crippen molar-refractivity contribution in [2.75, 3.05) is 13.2 Å². The maximum Gasteiger partial charge on any atom is 0.193 e. The van der Waals surface area contributed by atoms with Crippen molar-refractivity contribution in [3.05, 3.63) is 16.4 Å². The summed E-state index contributed by atoms with van der Waals surface area (Å²) in [5, 5.41) is 11.1. The van der Waals surface area contributed by atoms with Crippen molar-refractivity contribution in [2.24, 2.45) is 0 Å². The molecule has 0 aromatic carbocycles. The number of hydrogen-bond donors (Lipinski definition) is 1. The Morgan fingerprint density at radius 1 is 1.38 bits per heavy atom. The van der Waals surface area contributed by atoms with E-state index in [-0.39, 0.29) is 10.3 Å². The second kappa shape index (κ2) is 6.89. The van der Waals surface area contributed by atoms with E-state index < -0.39 is 0 Å². The van der Waals surface area contributed by atoms with Crippen LogP contribution < -0.4 is 10.1 Å². The van der Waals surface area contributed by atoms with Crippen molar-refractivity contribution < 1.29 is 4.74 Å². The summed E-state index contributed by atoms with van der Waals surface area (Å²) in [6, 6.07) is 2.05. The Hall–Kier alpha value is -0.580. The van der Waals surface area contributed by atoms with Crippen LogP contribution in [0.5, 0.6) is 5.75 Å². The Bertz CT molecular complexity index is 334. The molecule has 0 aliphatic heterocycles. The van der Waals surface area contributed by atoms with Gasteiger partial charge in [-0.05, 0) is 13.0 Å². The summed E-state index contributed by atoms with van der Waals surface area (Å²) in [6.07, 6.45) is 0.897. The van der Waals surface area contributed by atoms with Gasteiger partial charge in [0.15, 0.2) is 16.1 Å². The van der Waals surface area contributed by atoms with Gasteiger partial charge in [-0.25, -0.2) is 0 Å². The molecule has 0 saturated carbocycles. The fraction of sp³-hybridized carbons (Fsp3) is 0.600. The topological polar surface area (TPSA) is 47.0 Å². The Morgan fingerprint density at radius 2 is 2.12 bits per heavy atom. The number of aromatic nitrogens is 2. The summed E-state index contributed by atoms with van der Waals surface area (Å²) in [5.41, 5.74) is 0. The normalized spacial score (nSPS) is 10.8. The maximum atomic E-state index is 5.79. The van der Waals surface area contributed by atoms with E-state index in [1.54, 1.807) is 6.07 Å². The Kier molecular flexibility index (Phi) is 5.80. The monoisotopic (exact) mass is 263 g/mol. The van der Waals surface area contributed by atoms with Crippen LogP contribution in [0.3, 0.4) is 0 Å². The van der Waals surface area contributed by atoms with Gasteiger partial charge < -0.3 is 10.1 Å². The van der Waals surface area contributed by atoms with Crippen LogP contribution in [0.15, 0.2) is 6.07 Å². The number of halogens is 2. The molecule has 4 nitrogen and oxygen atoms in total. The second-order valence-corrected chi connectivity index (χ2v) is 4.38. The average Bonchev–Trinajstić information content (AvgIpc) is 2.22. The van der Waals surface area contributed by atoms with Gasteiger partial charge in [0.25, 0.3) is 0 Å². The minimum atomic E-state index is 0.237. The predicted molar refractivity (Wildman–Crippen MR) is 65.3 cm³/mol. The molecule has 0 bridgehead atoms. The first-order valence-electron chi connectivity index (χ1n) is 5.14. The van der Waals surface area contributed by atoms with Gasteiger partial charge in [-0.2, -0.15) is 0 Å². The quantitative estimate of drug-likeness (QED) is 0.802. The first-order valence-corrected chi connectivity index (χ1v) is 5.90. The van der Waals surface area contributed by atoms with Crippen molar-refractivity contribution in [3.63, 3.8) is 0 Å². The first-order chi connectivity index (χ1) is 7.59. The van der Waals surface area contributed by atoms with Gasteiger partial charge in [-0.1, -0.05) is 37.0 Å². The second-order valence-electron chi connectivity index (χ2n) is 3.63. The van der Waals surface area contributed by atoms with Crippen LogP contribution in [0, 0.1) is 0 Å². The van der Waals surface area contributed by atoms with Gasteiger partial charge in [0, 0.05) is 12.1 Å². The molecule has 0 fully saturated rings. The fourth-order valence-corrected chi connectivity index (χ4v) is 1.37. The molecule has 0 unspecified atom stereocenters. The zero-order chi connectivity index (χ0) is 12.0. The van der Waals surface area contributed by atoms with E-state index >= 15 is 0 Å².